The minimum atomic E-state index is -4.45. The van der Waals surface area contributed by atoms with Crippen LogP contribution in [-0.2, 0) is 29.8 Å². The third kappa shape index (κ3) is 5.69. The molecule has 13 heteroatoms. The van der Waals surface area contributed by atoms with Crippen LogP contribution in [0.5, 0.6) is 0 Å². The summed E-state index contributed by atoms with van der Waals surface area (Å²) in [6.45, 7) is 1.22. The highest BCUT2D eigenvalue weighted by Crippen LogP contribution is 2.39. The first-order valence-corrected chi connectivity index (χ1v) is 12.3. The number of methoxy groups -OCH3 is 1. The molecule has 1 aliphatic heterocycles. The number of aryl methyl sites for hydroxylation is 1. The van der Waals surface area contributed by atoms with Crippen LogP contribution in [0, 0.1) is 6.92 Å². The summed E-state index contributed by atoms with van der Waals surface area (Å²) in [5.74, 6) is -0.724. The van der Waals surface area contributed by atoms with Crippen molar-refractivity contribution in [2.24, 2.45) is 0 Å². The van der Waals surface area contributed by atoms with Crippen LogP contribution >= 0.6 is 7.75 Å². The highest BCUT2D eigenvalue weighted by atomic mass is 31.2. The predicted molar refractivity (Wildman–Crippen MR) is 126 cm³/mol. The van der Waals surface area contributed by atoms with E-state index in [4.69, 9.17) is 14.0 Å². The Kier molecular flexibility index (Phi) is 7.20. The third-order valence-electron chi connectivity index (χ3n) is 5.54. The molecule has 35 heavy (non-hydrogen) atoms. The van der Waals surface area contributed by atoms with E-state index in [-0.39, 0.29) is 13.0 Å². The summed E-state index contributed by atoms with van der Waals surface area (Å²) in [6.07, 6.45) is 4.75. The molecule has 186 valence electrons. The van der Waals surface area contributed by atoms with Crippen molar-refractivity contribution >= 4 is 24.6 Å². The van der Waals surface area contributed by atoms with E-state index in [9.17, 15) is 23.8 Å². The first-order chi connectivity index (χ1) is 16.7. The molecule has 3 heterocycles. The lowest BCUT2D eigenvalue weighted by Crippen LogP contribution is -2.38. The van der Waals surface area contributed by atoms with Gasteiger partial charge in [-0.2, -0.15) is 0 Å². The minimum Gasteiger partial charge on any atom is -0.468 e. The molecule has 0 fully saturated rings. The van der Waals surface area contributed by atoms with Crippen molar-refractivity contribution in [1.82, 2.24) is 19.6 Å². The van der Waals surface area contributed by atoms with Crippen molar-refractivity contribution in [3.63, 3.8) is 0 Å². The van der Waals surface area contributed by atoms with Gasteiger partial charge in [0, 0.05) is 35.3 Å². The number of para-hydroxylation sites is 1. The van der Waals surface area contributed by atoms with Crippen molar-refractivity contribution in [3.05, 3.63) is 80.8 Å². The molecule has 0 bridgehead atoms. The average molecular weight is 504 g/mol. The van der Waals surface area contributed by atoms with Gasteiger partial charge in [0.15, 0.2) is 6.23 Å². The molecule has 1 aromatic carbocycles. The predicted octanol–water partition coefficient (Wildman–Crippen LogP) is 1.27. The van der Waals surface area contributed by atoms with Gasteiger partial charge >= 0.3 is 19.4 Å². The Balaban J connectivity index is 1.39. The zero-order chi connectivity index (χ0) is 25.2. The van der Waals surface area contributed by atoms with Gasteiger partial charge in [0.1, 0.15) is 12.1 Å². The van der Waals surface area contributed by atoms with Gasteiger partial charge in [0.05, 0.1) is 13.7 Å². The molecule has 0 aliphatic carbocycles. The molecule has 0 radical (unpaired) electrons. The smallest absolute Gasteiger partial charge is 0.403 e. The van der Waals surface area contributed by atoms with Crippen LogP contribution in [0.25, 0.3) is 10.9 Å². The molecule has 3 aromatic rings. The molecule has 1 aliphatic rings. The summed E-state index contributed by atoms with van der Waals surface area (Å²) in [6, 6.07) is 6.33. The SMILES string of the molecule is COC(=O)[C@H](Cc1c[nH]c2ccccc12)NP(=O)(O)OCC1C=CC(n2cc(C)c(=O)[nH]c2=O)O1. The van der Waals surface area contributed by atoms with E-state index in [0.717, 1.165) is 16.5 Å². The van der Waals surface area contributed by atoms with E-state index in [1.165, 1.54) is 17.9 Å². The van der Waals surface area contributed by atoms with Gasteiger partial charge in [0.25, 0.3) is 5.56 Å². The Morgan fingerprint density at radius 2 is 2.09 bits per heavy atom. The maximum Gasteiger partial charge on any atom is 0.403 e. The number of hydrogen-bond donors (Lipinski definition) is 4. The highest BCUT2D eigenvalue weighted by molar-refractivity contribution is 7.50. The number of nitrogens with zero attached hydrogens (tertiary/aromatic N) is 1. The first kappa shape index (κ1) is 24.8. The zero-order valence-electron chi connectivity index (χ0n) is 19.0. The Hall–Kier alpha value is -3.28. The molecule has 4 atom stereocenters. The zero-order valence-corrected chi connectivity index (χ0v) is 19.9. The average Bonchev–Trinajstić information content (AvgIpc) is 3.46. The number of nitrogens with one attached hydrogen (secondary N) is 3. The van der Waals surface area contributed by atoms with E-state index >= 15 is 0 Å². The van der Waals surface area contributed by atoms with Crippen LogP contribution in [0.15, 0.2) is 58.4 Å². The third-order valence-corrected chi connectivity index (χ3v) is 6.68. The van der Waals surface area contributed by atoms with Crippen molar-refractivity contribution in [3.8, 4) is 0 Å². The van der Waals surface area contributed by atoms with Gasteiger partial charge in [0.2, 0.25) is 0 Å². The van der Waals surface area contributed by atoms with Crippen molar-refractivity contribution in [2.45, 2.75) is 31.7 Å². The Morgan fingerprint density at radius 1 is 1.31 bits per heavy atom. The van der Waals surface area contributed by atoms with E-state index in [2.05, 4.69) is 15.1 Å². The number of fused-ring (bicyclic) bond motifs is 1. The Morgan fingerprint density at radius 3 is 2.86 bits per heavy atom. The lowest BCUT2D eigenvalue weighted by atomic mass is 10.1. The molecule has 0 saturated carbocycles. The number of carbonyl (C=O) groups excluding carboxylic acids is 1. The summed E-state index contributed by atoms with van der Waals surface area (Å²) in [7, 11) is -3.27. The largest absolute Gasteiger partial charge is 0.468 e. The second-order valence-electron chi connectivity index (χ2n) is 8.01. The van der Waals surface area contributed by atoms with Crippen LogP contribution in [0.3, 0.4) is 0 Å². The maximum absolute atomic E-state index is 12.7. The molecule has 0 spiro atoms. The number of rotatable bonds is 9. The van der Waals surface area contributed by atoms with Crippen molar-refractivity contribution in [2.75, 3.05) is 13.7 Å². The minimum absolute atomic E-state index is 0.0843. The Bertz CT molecular complexity index is 1420. The normalized spacial score (nSPS) is 20.1. The van der Waals surface area contributed by atoms with Gasteiger partial charge in [-0.3, -0.25) is 23.7 Å². The molecule has 12 nitrogen and oxygen atoms in total. The molecule has 3 unspecified atom stereocenters. The number of esters is 1. The van der Waals surface area contributed by atoms with Gasteiger partial charge < -0.3 is 19.4 Å². The van der Waals surface area contributed by atoms with E-state index in [1.54, 1.807) is 25.3 Å². The van der Waals surface area contributed by atoms with E-state index in [0.29, 0.717) is 5.56 Å². The molecule has 0 saturated heterocycles. The number of aromatic amines is 2. The number of hydrogen-bond acceptors (Lipinski definition) is 7. The topological polar surface area (TPSA) is 165 Å². The second-order valence-corrected chi connectivity index (χ2v) is 9.57. The molecule has 0 amide bonds. The summed E-state index contributed by atoms with van der Waals surface area (Å²) in [5.41, 5.74) is 0.813. The standard InChI is InChI=1S/C22H25N4O8P/c1-13-11-26(22(29)24-20(13)27)19-8-7-15(34-19)12-33-35(30,31)25-18(21(28)32-2)9-14-10-23-17-6-4-3-5-16(14)17/h3-8,10-11,15,18-19,23H,9,12H2,1-2H3,(H,24,27,29)(H2,25,30,31)/t15?,18-,19?/m0/s1. The summed E-state index contributed by atoms with van der Waals surface area (Å²) in [4.78, 5) is 51.6. The summed E-state index contributed by atoms with van der Waals surface area (Å²) >= 11 is 0. The highest BCUT2D eigenvalue weighted by Gasteiger charge is 2.32. The summed E-state index contributed by atoms with van der Waals surface area (Å²) < 4.78 is 29.5. The summed E-state index contributed by atoms with van der Waals surface area (Å²) in [5, 5.41) is 3.24. The van der Waals surface area contributed by atoms with E-state index in [1.807, 2.05) is 24.3 Å². The fourth-order valence-electron chi connectivity index (χ4n) is 3.77. The molecule has 4 N–H and O–H groups in total. The van der Waals surface area contributed by atoms with Crippen LogP contribution in [-0.4, -0.2) is 51.3 Å². The van der Waals surface area contributed by atoms with Crippen LogP contribution in [0.1, 0.15) is 17.4 Å². The second kappa shape index (κ2) is 10.1. The van der Waals surface area contributed by atoms with Crippen molar-refractivity contribution in [1.29, 1.82) is 0 Å². The number of benzene rings is 1. The quantitative estimate of drug-likeness (QED) is 0.191. The maximum atomic E-state index is 12.7. The Labute approximate surface area is 199 Å². The van der Waals surface area contributed by atoms with Gasteiger partial charge in [-0.25, -0.2) is 14.4 Å². The molecule has 2 aromatic heterocycles. The van der Waals surface area contributed by atoms with Gasteiger partial charge in [-0.05, 0) is 24.6 Å². The number of aromatic nitrogens is 3. The number of ether oxygens (including phenoxy) is 2. The molecule has 4 rings (SSSR count). The van der Waals surface area contributed by atoms with Crippen LogP contribution < -0.4 is 16.3 Å². The monoisotopic (exact) mass is 504 g/mol. The number of carbonyl (C=O) groups is 1. The molecular weight excluding hydrogens is 479 g/mol. The fourth-order valence-corrected chi connectivity index (χ4v) is 4.78. The van der Waals surface area contributed by atoms with Crippen LogP contribution in [0.4, 0.5) is 0 Å². The lowest BCUT2D eigenvalue weighted by Gasteiger charge is -2.22. The number of H-pyrrole nitrogens is 2. The van der Waals surface area contributed by atoms with Crippen molar-refractivity contribution < 1.29 is 28.3 Å². The first-order valence-electron chi connectivity index (χ1n) is 10.7. The van der Waals surface area contributed by atoms with Gasteiger partial charge in [-0.1, -0.05) is 24.3 Å². The van der Waals surface area contributed by atoms with Gasteiger partial charge in [-0.15, -0.1) is 0 Å². The lowest BCUT2D eigenvalue weighted by molar-refractivity contribution is -0.142. The van der Waals surface area contributed by atoms with E-state index < -0.39 is 43.3 Å². The fraction of sp³-hybridized carbons (Fsp3) is 0.318. The molecular formula is C22H25N4O8P. The van der Waals surface area contributed by atoms with Crippen LogP contribution in [0.2, 0.25) is 0 Å².